The van der Waals surface area contributed by atoms with Crippen LogP contribution in [0.25, 0.3) is 0 Å². The third kappa shape index (κ3) is 4.16. The van der Waals surface area contributed by atoms with Gasteiger partial charge in [0.15, 0.2) is 5.78 Å². The van der Waals surface area contributed by atoms with E-state index in [1.54, 1.807) is 6.08 Å². The quantitative estimate of drug-likeness (QED) is 0.471. The molecule has 1 rings (SSSR count). The van der Waals surface area contributed by atoms with E-state index in [9.17, 15) is 14.4 Å². The predicted octanol–water partition coefficient (Wildman–Crippen LogP) is 2.68. The van der Waals surface area contributed by atoms with Gasteiger partial charge in [-0.25, -0.2) is 4.79 Å². The van der Waals surface area contributed by atoms with Crippen LogP contribution < -0.4 is 0 Å². The van der Waals surface area contributed by atoms with E-state index >= 15 is 0 Å². The maximum Gasteiger partial charge on any atom is 0.372 e. The Kier molecular flexibility index (Phi) is 4.81. The Hall–Kier alpha value is -1.71. The van der Waals surface area contributed by atoms with E-state index in [1.807, 2.05) is 6.92 Å². The van der Waals surface area contributed by atoms with Crippen molar-refractivity contribution in [3.8, 4) is 0 Å². The molecule has 0 bridgehead atoms. The lowest BCUT2D eigenvalue weighted by atomic mass is 9.72. The van der Waals surface area contributed by atoms with E-state index in [-0.39, 0.29) is 5.41 Å². The zero-order valence-electron chi connectivity index (χ0n) is 11.7. The van der Waals surface area contributed by atoms with Gasteiger partial charge in [-0.1, -0.05) is 25.5 Å². The van der Waals surface area contributed by atoms with Crippen LogP contribution in [0.15, 0.2) is 23.3 Å². The monoisotopic (exact) mass is 264 g/mol. The molecule has 0 heterocycles. The van der Waals surface area contributed by atoms with Crippen molar-refractivity contribution >= 4 is 17.5 Å². The van der Waals surface area contributed by atoms with Crippen molar-refractivity contribution in [1.29, 1.82) is 0 Å². The minimum Gasteiger partial charge on any atom is -0.475 e. The summed E-state index contributed by atoms with van der Waals surface area (Å²) >= 11 is 0. The highest BCUT2D eigenvalue weighted by molar-refractivity contribution is 6.36. The van der Waals surface area contributed by atoms with Crippen molar-refractivity contribution in [2.45, 2.75) is 46.5 Å². The molecule has 0 saturated heterocycles. The van der Waals surface area contributed by atoms with Crippen LogP contribution in [-0.2, 0) is 14.4 Å². The summed E-state index contributed by atoms with van der Waals surface area (Å²) in [7, 11) is 0. The molecule has 104 valence electrons. The molecular formula is C15H20O4. The van der Waals surface area contributed by atoms with Crippen molar-refractivity contribution < 1.29 is 19.5 Å². The topological polar surface area (TPSA) is 71.4 Å². The Balaban J connectivity index is 2.78. The fourth-order valence-corrected chi connectivity index (χ4v) is 2.48. The molecule has 4 nitrogen and oxygen atoms in total. The van der Waals surface area contributed by atoms with Gasteiger partial charge < -0.3 is 5.11 Å². The highest BCUT2D eigenvalue weighted by atomic mass is 16.4. The third-order valence-corrected chi connectivity index (χ3v) is 3.55. The Morgan fingerprint density at radius 2 is 1.95 bits per heavy atom. The van der Waals surface area contributed by atoms with E-state index in [0.717, 1.165) is 24.8 Å². The van der Waals surface area contributed by atoms with Crippen molar-refractivity contribution in [2.24, 2.45) is 5.41 Å². The predicted molar refractivity (Wildman–Crippen MR) is 71.7 cm³/mol. The maximum atomic E-state index is 11.5. The van der Waals surface area contributed by atoms with Gasteiger partial charge in [-0.2, -0.15) is 0 Å². The molecule has 0 amide bonds. The molecule has 0 unspecified atom stereocenters. The molecule has 1 aliphatic rings. The van der Waals surface area contributed by atoms with Gasteiger partial charge in [-0.15, -0.1) is 0 Å². The third-order valence-electron chi connectivity index (χ3n) is 3.55. The molecular weight excluding hydrogens is 244 g/mol. The largest absolute Gasteiger partial charge is 0.475 e. The number of aliphatic carboxylic acids is 1. The van der Waals surface area contributed by atoms with E-state index in [4.69, 9.17) is 5.11 Å². The van der Waals surface area contributed by atoms with Crippen LogP contribution in [0.1, 0.15) is 46.5 Å². The summed E-state index contributed by atoms with van der Waals surface area (Å²) in [6, 6.07) is 0. The number of carbonyl (C=O) groups is 3. The van der Waals surface area contributed by atoms with Gasteiger partial charge in [0.2, 0.25) is 5.78 Å². The van der Waals surface area contributed by atoms with Gasteiger partial charge in [0.25, 0.3) is 0 Å². The molecule has 1 N–H and O–H groups in total. The second-order valence-corrected chi connectivity index (χ2v) is 5.64. The maximum absolute atomic E-state index is 11.5. The minimum absolute atomic E-state index is 0.0237. The molecule has 0 radical (unpaired) electrons. The first-order valence-electron chi connectivity index (χ1n) is 6.41. The summed E-state index contributed by atoms with van der Waals surface area (Å²) in [6.45, 7) is 6.30. The lowest BCUT2D eigenvalue weighted by molar-refractivity contribution is -0.149. The molecule has 0 fully saturated rings. The highest BCUT2D eigenvalue weighted by Gasteiger charge is 2.26. The van der Waals surface area contributed by atoms with Gasteiger partial charge in [0, 0.05) is 0 Å². The van der Waals surface area contributed by atoms with Gasteiger partial charge in [0.1, 0.15) is 0 Å². The van der Waals surface area contributed by atoms with Crippen molar-refractivity contribution in [3.63, 3.8) is 0 Å². The summed E-state index contributed by atoms with van der Waals surface area (Å²) in [5, 5.41) is 8.44. The Bertz CT molecular complexity index is 467. The van der Waals surface area contributed by atoms with Crippen LogP contribution >= 0.6 is 0 Å². The standard InChI is InChI=1S/C15H20O4/c1-10-5-4-8-15(2,3)12(10)7-6-11(16)9-13(17)14(18)19/h6-7H,4-5,8-9H2,1-3H3,(H,18,19)/b7-6+. The number of ketones is 2. The zero-order chi connectivity index (χ0) is 14.6. The molecule has 0 saturated carbocycles. The van der Waals surface area contributed by atoms with Crippen LogP contribution in [-0.4, -0.2) is 22.6 Å². The average molecular weight is 264 g/mol. The summed E-state index contributed by atoms with van der Waals surface area (Å²) in [4.78, 5) is 32.8. The normalized spacial score (nSPS) is 18.7. The fourth-order valence-electron chi connectivity index (χ4n) is 2.48. The van der Waals surface area contributed by atoms with E-state index in [2.05, 4.69) is 13.8 Å². The summed E-state index contributed by atoms with van der Waals surface area (Å²) in [5.41, 5.74) is 2.40. The number of rotatable bonds is 5. The SMILES string of the molecule is CC1=C(/C=C/C(=O)CC(=O)C(=O)O)C(C)(C)CCC1. The molecule has 0 aromatic heterocycles. The van der Waals surface area contributed by atoms with Gasteiger partial charge in [0.05, 0.1) is 6.42 Å². The molecule has 4 heteroatoms. The van der Waals surface area contributed by atoms with Crippen molar-refractivity contribution in [1.82, 2.24) is 0 Å². The van der Waals surface area contributed by atoms with Gasteiger partial charge in [-0.3, -0.25) is 9.59 Å². The first-order chi connectivity index (χ1) is 8.74. The van der Waals surface area contributed by atoms with E-state index in [1.165, 1.54) is 11.6 Å². The molecule has 19 heavy (non-hydrogen) atoms. The first-order valence-corrected chi connectivity index (χ1v) is 6.41. The number of carboxylic acid groups (broad SMARTS) is 1. The lowest BCUT2D eigenvalue weighted by Gasteiger charge is -2.32. The number of allylic oxidation sites excluding steroid dienone is 4. The summed E-state index contributed by atoms with van der Waals surface area (Å²) in [6.07, 6.45) is 5.72. The lowest BCUT2D eigenvalue weighted by Crippen LogP contribution is -2.19. The van der Waals surface area contributed by atoms with Crippen LogP contribution in [0.5, 0.6) is 0 Å². The van der Waals surface area contributed by atoms with E-state index in [0.29, 0.717) is 0 Å². The van der Waals surface area contributed by atoms with Crippen molar-refractivity contribution in [3.05, 3.63) is 23.3 Å². The van der Waals surface area contributed by atoms with Crippen molar-refractivity contribution in [2.75, 3.05) is 0 Å². The number of Topliss-reactive ketones (excluding diaryl/α,β-unsaturated/α-hetero) is 1. The highest BCUT2D eigenvalue weighted by Crippen LogP contribution is 2.40. The number of carbonyl (C=O) groups excluding carboxylic acids is 2. The summed E-state index contributed by atoms with van der Waals surface area (Å²) < 4.78 is 0. The Morgan fingerprint density at radius 3 is 2.47 bits per heavy atom. The fraction of sp³-hybridized carbons (Fsp3) is 0.533. The van der Waals surface area contributed by atoms with E-state index < -0.39 is 24.0 Å². The molecule has 0 atom stereocenters. The van der Waals surface area contributed by atoms with Crippen LogP contribution in [0.3, 0.4) is 0 Å². The number of carboxylic acids is 1. The van der Waals surface area contributed by atoms with Crippen LogP contribution in [0.2, 0.25) is 0 Å². The first kappa shape index (κ1) is 15.3. The van der Waals surface area contributed by atoms with Crippen LogP contribution in [0, 0.1) is 5.41 Å². The molecule has 0 aromatic rings. The molecule has 0 spiro atoms. The van der Waals surface area contributed by atoms with Gasteiger partial charge in [-0.05, 0) is 43.3 Å². The Labute approximate surface area is 113 Å². The zero-order valence-corrected chi connectivity index (χ0v) is 11.7. The number of hydrogen-bond acceptors (Lipinski definition) is 3. The molecule has 0 aromatic carbocycles. The molecule has 1 aliphatic carbocycles. The summed E-state index contributed by atoms with van der Waals surface area (Å²) in [5.74, 6) is -3.09. The second kappa shape index (κ2) is 5.95. The average Bonchev–Trinajstić information content (AvgIpc) is 2.27. The molecule has 0 aliphatic heterocycles. The van der Waals surface area contributed by atoms with Crippen LogP contribution in [0.4, 0.5) is 0 Å². The Morgan fingerprint density at radius 1 is 1.32 bits per heavy atom. The van der Waals surface area contributed by atoms with Gasteiger partial charge >= 0.3 is 5.97 Å². The number of hydrogen-bond donors (Lipinski definition) is 1. The minimum atomic E-state index is -1.56. The smallest absolute Gasteiger partial charge is 0.372 e. The second-order valence-electron chi connectivity index (χ2n) is 5.64.